The number of aryl methyl sites for hydroxylation is 1. The molecule has 1 aromatic rings. The average molecular weight is 292 g/mol. The van der Waals surface area contributed by atoms with Crippen molar-refractivity contribution in [3.8, 4) is 0 Å². The van der Waals surface area contributed by atoms with E-state index in [4.69, 9.17) is 0 Å². The Morgan fingerprint density at radius 1 is 0.846 bits per heavy atom. The Hall–Kier alpha value is 0.908. The van der Waals surface area contributed by atoms with Crippen molar-refractivity contribution in [2.75, 3.05) is 0 Å². The van der Waals surface area contributed by atoms with Gasteiger partial charge < -0.3 is 14.9 Å². The molecule has 0 atom stereocenters. The Morgan fingerprint density at radius 3 is 1.31 bits per heavy atom. The van der Waals surface area contributed by atoms with E-state index in [1.54, 1.807) is 0 Å². The molecule has 0 saturated heterocycles. The Morgan fingerprint density at radius 2 is 1.15 bits per heavy atom. The van der Waals surface area contributed by atoms with E-state index in [0.29, 0.717) is 0 Å². The van der Waals surface area contributed by atoms with E-state index in [9.17, 15) is 0 Å². The summed E-state index contributed by atoms with van der Waals surface area (Å²) in [5, 5.41) is 0. The van der Waals surface area contributed by atoms with Gasteiger partial charge in [0, 0.05) is 32.7 Å². The summed E-state index contributed by atoms with van der Waals surface area (Å²) < 4.78 is 0. The molecule has 0 spiro atoms. The number of hydrogen-bond donors (Lipinski definition) is 0. The first-order valence-electron chi connectivity index (χ1n) is 3.41. The van der Waals surface area contributed by atoms with Gasteiger partial charge in [-0.2, -0.15) is 0 Å². The molecule has 0 aliphatic heterocycles. The third-order valence-corrected chi connectivity index (χ3v) is 0.940. The summed E-state index contributed by atoms with van der Waals surface area (Å²) in [6.45, 7) is 6.08. The molecule has 0 bridgehead atoms. The molecule has 0 fully saturated rings. The zero-order chi connectivity index (χ0) is 7.11. The van der Waals surface area contributed by atoms with Gasteiger partial charge >= 0.3 is 18.6 Å². The molecule has 0 saturated carbocycles. The molecular weight excluding hydrogens is 272 g/mol. The third kappa shape index (κ3) is 19.4. The summed E-state index contributed by atoms with van der Waals surface area (Å²) in [4.78, 5) is 0. The molecule has 0 amide bonds. The predicted octanol–water partition coefficient (Wildman–Crippen LogP) is 3.92. The van der Waals surface area contributed by atoms with E-state index in [1.165, 1.54) is 5.56 Å². The van der Waals surface area contributed by atoms with Crippen LogP contribution in [-0.4, -0.2) is 0 Å². The van der Waals surface area contributed by atoms with Crippen LogP contribution in [0.15, 0.2) is 30.3 Å². The van der Waals surface area contributed by atoms with Gasteiger partial charge in [0.05, 0.1) is 0 Å². The van der Waals surface area contributed by atoms with E-state index in [2.05, 4.69) is 19.1 Å². The first-order chi connectivity index (χ1) is 4.39. The normalized spacial score (nSPS) is 5.15. The van der Waals surface area contributed by atoms with Crippen LogP contribution in [0.4, 0.5) is 0 Å². The van der Waals surface area contributed by atoms with Crippen LogP contribution in [0.25, 0.3) is 0 Å². The smallest absolute Gasteiger partial charge is 0.358 e. The summed E-state index contributed by atoms with van der Waals surface area (Å²) in [6.07, 6.45) is 0. The first kappa shape index (κ1) is 29.2. The van der Waals surface area contributed by atoms with Gasteiger partial charge in [-0.15, -0.1) is 0 Å². The molecule has 2 heteroatoms. The van der Waals surface area contributed by atoms with Gasteiger partial charge in [-0.3, -0.25) is 0 Å². The molecule has 0 heterocycles. The topological polar surface area (TPSA) is 0 Å². The minimum atomic E-state index is 0. The molecule has 1 aromatic carbocycles. The Bertz CT molecular complexity index is 140. The van der Waals surface area contributed by atoms with Crippen LogP contribution >= 0.6 is 0 Å². The van der Waals surface area contributed by atoms with Crippen LogP contribution in [0.5, 0.6) is 0 Å². The van der Waals surface area contributed by atoms with Crippen LogP contribution in [0.3, 0.4) is 0 Å². The maximum Gasteiger partial charge on any atom is 2.00 e. The first-order valence-corrected chi connectivity index (χ1v) is 3.41. The van der Waals surface area contributed by atoms with Crippen molar-refractivity contribution in [1.82, 2.24) is 0 Å². The van der Waals surface area contributed by atoms with Crippen LogP contribution in [0.1, 0.15) is 19.4 Å². The van der Waals surface area contributed by atoms with Gasteiger partial charge in [-0.05, 0) is 6.92 Å². The van der Waals surface area contributed by atoms with Gasteiger partial charge in [-0.25, -0.2) is 0 Å². The molecule has 0 N–H and O–H groups in total. The summed E-state index contributed by atoms with van der Waals surface area (Å²) in [6, 6.07) is 10.3. The summed E-state index contributed by atoms with van der Waals surface area (Å²) >= 11 is 0. The van der Waals surface area contributed by atoms with Crippen molar-refractivity contribution in [2.45, 2.75) is 20.8 Å². The zero-order valence-corrected chi connectivity index (χ0v) is 13.6. The minimum Gasteiger partial charge on any atom is -0.358 e. The van der Waals surface area contributed by atoms with Gasteiger partial charge in [-0.1, -0.05) is 49.7 Å². The Balaban J connectivity index is -0.0000000335. The van der Waals surface area contributed by atoms with Gasteiger partial charge in [0.15, 0.2) is 0 Å². The minimum absolute atomic E-state index is 0. The fourth-order valence-electron chi connectivity index (χ4n) is 0.534. The number of rotatable bonds is 0. The van der Waals surface area contributed by atoms with Crippen molar-refractivity contribution >= 4 is 0 Å². The SMILES string of the molecule is CC.Cc1ccccc1.[CH3-].[CH3-].[V+2].[Y]. The second-order valence-electron chi connectivity index (χ2n) is 1.65. The standard InChI is InChI=1S/C7H8.C2H6.2CH3.V.Y/c1-7-5-3-2-4-6-7;1-2;;;;/h2-6H,1H3;1-2H3;2*1H3;;/q;;2*-1;+2;. The van der Waals surface area contributed by atoms with Gasteiger partial charge in [0.25, 0.3) is 0 Å². The molecule has 0 aliphatic rings. The monoisotopic (exact) mass is 292 g/mol. The van der Waals surface area contributed by atoms with Crippen LogP contribution < -0.4 is 0 Å². The van der Waals surface area contributed by atoms with Crippen molar-refractivity contribution < 1.29 is 51.3 Å². The molecular formula is C11H20VY. The summed E-state index contributed by atoms with van der Waals surface area (Å²) in [5.41, 5.74) is 1.32. The van der Waals surface area contributed by atoms with Crippen molar-refractivity contribution in [1.29, 1.82) is 0 Å². The van der Waals surface area contributed by atoms with Gasteiger partial charge in [0.1, 0.15) is 0 Å². The molecule has 0 unspecified atom stereocenters. The Labute approximate surface area is 122 Å². The fourth-order valence-corrected chi connectivity index (χ4v) is 0.534. The molecule has 0 aliphatic carbocycles. The van der Waals surface area contributed by atoms with Gasteiger partial charge in [0.2, 0.25) is 0 Å². The summed E-state index contributed by atoms with van der Waals surface area (Å²) in [5.74, 6) is 0. The number of benzene rings is 1. The quantitative estimate of drug-likeness (QED) is 0.636. The van der Waals surface area contributed by atoms with E-state index >= 15 is 0 Å². The largest absolute Gasteiger partial charge is 2.00 e. The van der Waals surface area contributed by atoms with E-state index < -0.39 is 0 Å². The van der Waals surface area contributed by atoms with Crippen LogP contribution in [-0.2, 0) is 51.3 Å². The Kier molecular flexibility index (Phi) is 51.8. The van der Waals surface area contributed by atoms with E-state index in [1.807, 2.05) is 32.0 Å². The summed E-state index contributed by atoms with van der Waals surface area (Å²) in [7, 11) is 0. The number of hydrogen-bond acceptors (Lipinski definition) is 0. The van der Waals surface area contributed by atoms with E-state index in [-0.39, 0.29) is 66.1 Å². The molecule has 13 heavy (non-hydrogen) atoms. The zero-order valence-electron chi connectivity index (χ0n) is 9.41. The predicted molar refractivity (Wildman–Crippen MR) is 55.4 cm³/mol. The second kappa shape index (κ2) is 23.1. The van der Waals surface area contributed by atoms with Crippen molar-refractivity contribution in [3.05, 3.63) is 50.7 Å². The average Bonchev–Trinajstić information content (AvgIpc) is 1.94. The molecule has 0 aromatic heterocycles. The van der Waals surface area contributed by atoms with E-state index in [0.717, 1.165) is 0 Å². The van der Waals surface area contributed by atoms with Crippen molar-refractivity contribution in [2.24, 2.45) is 0 Å². The second-order valence-corrected chi connectivity index (χ2v) is 1.65. The molecule has 2 radical (unpaired) electrons. The van der Waals surface area contributed by atoms with Crippen LogP contribution in [0, 0.1) is 21.8 Å². The third-order valence-electron chi connectivity index (χ3n) is 0.940. The van der Waals surface area contributed by atoms with Crippen LogP contribution in [0.2, 0.25) is 0 Å². The maximum absolute atomic E-state index is 2.08. The molecule has 1 rings (SSSR count). The fraction of sp³-hybridized carbons (Fsp3) is 0.273. The maximum atomic E-state index is 2.08. The molecule has 72 valence electrons. The molecule has 0 nitrogen and oxygen atoms in total. The van der Waals surface area contributed by atoms with Crippen molar-refractivity contribution in [3.63, 3.8) is 0 Å².